The summed E-state index contributed by atoms with van der Waals surface area (Å²) in [7, 11) is 0. The van der Waals surface area contributed by atoms with Crippen LogP contribution in [-0.4, -0.2) is 16.1 Å². The first-order valence-electron chi connectivity index (χ1n) is 4.42. The number of nitrogens with one attached hydrogen (secondary N) is 2. The van der Waals surface area contributed by atoms with Crippen LogP contribution in [0.3, 0.4) is 0 Å². The van der Waals surface area contributed by atoms with Crippen molar-refractivity contribution in [1.82, 2.24) is 10.2 Å². The molecule has 2 aromatic rings. The molecule has 6 heteroatoms. The fourth-order valence-electron chi connectivity index (χ4n) is 1.15. The zero-order chi connectivity index (χ0) is 11.5. The molecule has 0 saturated carbocycles. The molecule has 0 spiro atoms. The van der Waals surface area contributed by atoms with Crippen LogP contribution in [0.5, 0.6) is 0 Å². The maximum atomic E-state index is 12.8. The fraction of sp³-hybridized carbons (Fsp3) is 0. The first kappa shape index (κ1) is 10.3. The molecule has 0 unspecified atom stereocenters. The zero-order valence-corrected chi connectivity index (χ0v) is 8.00. The summed E-state index contributed by atoms with van der Waals surface area (Å²) in [6.07, 6.45) is 2.73. The van der Waals surface area contributed by atoms with Crippen LogP contribution in [0.2, 0.25) is 0 Å². The van der Waals surface area contributed by atoms with Crippen LogP contribution >= 0.6 is 0 Å². The van der Waals surface area contributed by atoms with Gasteiger partial charge in [0.05, 0.1) is 11.8 Å². The van der Waals surface area contributed by atoms with E-state index in [-0.39, 0.29) is 5.69 Å². The minimum absolute atomic E-state index is 0.185. The summed E-state index contributed by atoms with van der Waals surface area (Å²) in [5, 5.41) is 8.48. The van der Waals surface area contributed by atoms with E-state index in [0.29, 0.717) is 5.56 Å². The topological polar surface area (TPSA) is 57.8 Å². The molecule has 0 saturated heterocycles. The van der Waals surface area contributed by atoms with Crippen molar-refractivity contribution in [2.45, 2.75) is 0 Å². The molecule has 0 fully saturated rings. The third-order valence-electron chi connectivity index (χ3n) is 1.94. The Bertz CT molecular complexity index is 511. The van der Waals surface area contributed by atoms with E-state index in [1.165, 1.54) is 18.5 Å². The van der Waals surface area contributed by atoms with E-state index < -0.39 is 17.5 Å². The predicted molar refractivity (Wildman–Crippen MR) is 52.9 cm³/mol. The molecule has 4 nitrogen and oxygen atoms in total. The minimum Gasteiger partial charge on any atom is -0.322 e. The standard InChI is InChI=1S/C10H7F2N3O/c11-8-2-1-7(3-9(8)12)15-10(16)6-4-13-14-5-6/h1-5H,(H,13,14)(H,15,16). The number of carbonyl (C=O) groups is 1. The summed E-state index contributed by atoms with van der Waals surface area (Å²) >= 11 is 0. The monoisotopic (exact) mass is 223 g/mol. The van der Waals surface area contributed by atoms with Gasteiger partial charge in [0.2, 0.25) is 0 Å². The third kappa shape index (κ3) is 2.05. The van der Waals surface area contributed by atoms with Gasteiger partial charge in [-0.3, -0.25) is 9.89 Å². The van der Waals surface area contributed by atoms with Gasteiger partial charge >= 0.3 is 0 Å². The number of benzene rings is 1. The van der Waals surface area contributed by atoms with Crippen LogP contribution in [0.25, 0.3) is 0 Å². The summed E-state index contributed by atoms with van der Waals surface area (Å²) in [5.41, 5.74) is 0.495. The second-order valence-corrected chi connectivity index (χ2v) is 3.07. The molecule has 0 aliphatic rings. The van der Waals surface area contributed by atoms with E-state index in [9.17, 15) is 13.6 Å². The lowest BCUT2D eigenvalue weighted by Gasteiger charge is -2.03. The molecule has 0 radical (unpaired) electrons. The number of carbonyl (C=O) groups excluding carboxylic acids is 1. The number of amides is 1. The van der Waals surface area contributed by atoms with E-state index in [1.807, 2.05) is 0 Å². The molecule has 0 aliphatic carbocycles. The Hall–Kier alpha value is -2.24. The Balaban J connectivity index is 2.15. The average molecular weight is 223 g/mol. The summed E-state index contributed by atoms with van der Waals surface area (Å²) in [6.45, 7) is 0. The van der Waals surface area contributed by atoms with Crippen molar-refractivity contribution >= 4 is 11.6 Å². The van der Waals surface area contributed by atoms with Crippen LogP contribution in [0.1, 0.15) is 10.4 Å². The maximum Gasteiger partial charge on any atom is 0.258 e. The van der Waals surface area contributed by atoms with Gasteiger partial charge in [-0.05, 0) is 12.1 Å². The van der Waals surface area contributed by atoms with Crippen LogP contribution in [0, 0.1) is 11.6 Å². The van der Waals surface area contributed by atoms with Gasteiger partial charge in [0.15, 0.2) is 11.6 Å². The molecule has 16 heavy (non-hydrogen) atoms. The molecule has 1 aromatic carbocycles. The van der Waals surface area contributed by atoms with Gasteiger partial charge in [-0.1, -0.05) is 0 Å². The number of hydrogen-bond donors (Lipinski definition) is 2. The van der Waals surface area contributed by atoms with Gasteiger partial charge in [0.1, 0.15) is 0 Å². The number of aromatic amines is 1. The summed E-state index contributed by atoms with van der Waals surface area (Å²) in [4.78, 5) is 11.5. The third-order valence-corrected chi connectivity index (χ3v) is 1.94. The second-order valence-electron chi connectivity index (χ2n) is 3.07. The van der Waals surface area contributed by atoms with Crippen molar-refractivity contribution in [1.29, 1.82) is 0 Å². The lowest BCUT2D eigenvalue weighted by molar-refractivity contribution is 0.102. The molecule has 2 rings (SSSR count). The van der Waals surface area contributed by atoms with Gasteiger partial charge in [0.25, 0.3) is 5.91 Å². The smallest absolute Gasteiger partial charge is 0.258 e. The predicted octanol–water partition coefficient (Wildman–Crippen LogP) is 1.94. The number of nitrogens with zero attached hydrogens (tertiary/aromatic N) is 1. The van der Waals surface area contributed by atoms with Crippen molar-refractivity contribution in [3.8, 4) is 0 Å². The lowest BCUT2D eigenvalue weighted by Crippen LogP contribution is -2.11. The molecule has 1 heterocycles. The molecule has 2 N–H and O–H groups in total. The highest BCUT2D eigenvalue weighted by Crippen LogP contribution is 2.13. The summed E-state index contributed by atoms with van der Waals surface area (Å²) < 4.78 is 25.4. The Kier molecular flexibility index (Phi) is 2.63. The molecule has 82 valence electrons. The fourth-order valence-corrected chi connectivity index (χ4v) is 1.15. The van der Waals surface area contributed by atoms with Crippen molar-refractivity contribution in [3.63, 3.8) is 0 Å². The van der Waals surface area contributed by atoms with Crippen LogP contribution in [0.4, 0.5) is 14.5 Å². The van der Waals surface area contributed by atoms with E-state index in [2.05, 4.69) is 15.5 Å². The van der Waals surface area contributed by atoms with Gasteiger partial charge in [-0.25, -0.2) is 8.78 Å². The van der Waals surface area contributed by atoms with Crippen LogP contribution in [-0.2, 0) is 0 Å². The van der Waals surface area contributed by atoms with E-state index in [1.54, 1.807) is 0 Å². The lowest BCUT2D eigenvalue weighted by atomic mass is 10.2. The normalized spacial score (nSPS) is 10.1. The minimum atomic E-state index is -1.01. The zero-order valence-electron chi connectivity index (χ0n) is 8.00. The SMILES string of the molecule is O=C(Nc1ccc(F)c(F)c1)c1cn[nH]c1. The molecule has 0 atom stereocenters. The number of aromatic nitrogens is 2. The molecule has 1 aromatic heterocycles. The summed E-state index contributed by atoms with van der Waals surface area (Å²) in [5.74, 6) is -2.41. The molecule has 0 bridgehead atoms. The Labute approximate surface area is 89.3 Å². The number of halogens is 2. The Morgan fingerprint density at radius 2 is 2.12 bits per heavy atom. The van der Waals surface area contributed by atoms with Crippen molar-refractivity contribution in [2.75, 3.05) is 5.32 Å². The number of H-pyrrole nitrogens is 1. The van der Waals surface area contributed by atoms with Crippen molar-refractivity contribution in [2.24, 2.45) is 0 Å². The highest BCUT2D eigenvalue weighted by Gasteiger charge is 2.08. The highest BCUT2D eigenvalue weighted by molar-refractivity contribution is 6.03. The van der Waals surface area contributed by atoms with E-state index >= 15 is 0 Å². The largest absolute Gasteiger partial charge is 0.322 e. The van der Waals surface area contributed by atoms with Gasteiger partial charge in [0, 0.05) is 18.0 Å². The van der Waals surface area contributed by atoms with E-state index in [4.69, 9.17) is 0 Å². The van der Waals surface area contributed by atoms with Gasteiger partial charge in [-0.2, -0.15) is 5.10 Å². The van der Waals surface area contributed by atoms with Crippen molar-refractivity contribution in [3.05, 3.63) is 47.8 Å². The quantitative estimate of drug-likeness (QED) is 0.817. The van der Waals surface area contributed by atoms with Crippen LogP contribution < -0.4 is 5.32 Å². The number of rotatable bonds is 2. The van der Waals surface area contributed by atoms with Crippen molar-refractivity contribution < 1.29 is 13.6 Å². The highest BCUT2D eigenvalue weighted by atomic mass is 19.2. The van der Waals surface area contributed by atoms with Crippen LogP contribution in [0.15, 0.2) is 30.6 Å². The molecule has 0 aliphatic heterocycles. The number of anilines is 1. The second kappa shape index (κ2) is 4.09. The summed E-state index contributed by atoms with van der Waals surface area (Å²) in [6, 6.07) is 3.13. The molecular weight excluding hydrogens is 216 g/mol. The van der Waals surface area contributed by atoms with Gasteiger partial charge < -0.3 is 5.32 Å². The maximum absolute atomic E-state index is 12.8. The Morgan fingerprint density at radius 1 is 1.31 bits per heavy atom. The molecular formula is C10H7F2N3O. The molecule has 1 amide bonds. The first-order chi connectivity index (χ1) is 7.66. The number of hydrogen-bond acceptors (Lipinski definition) is 2. The van der Waals surface area contributed by atoms with Gasteiger partial charge in [-0.15, -0.1) is 0 Å². The Morgan fingerprint density at radius 3 is 2.75 bits per heavy atom. The van der Waals surface area contributed by atoms with E-state index in [0.717, 1.165) is 12.1 Å². The first-order valence-corrected chi connectivity index (χ1v) is 4.42. The average Bonchev–Trinajstić information content (AvgIpc) is 2.77.